The first-order valence-electron chi connectivity index (χ1n) is 16.7. The lowest BCUT2D eigenvalue weighted by Crippen LogP contribution is -2.57. The van der Waals surface area contributed by atoms with Crippen molar-refractivity contribution in [3.63, 3.8) is 0 Å². The van der Waals surface area contributed by atoms with E-state index in [1.54, 1.807) is 6.92 Å². The van der Waals surface area contributed by atoms with Crippen molar-refractivity contribution in [1.82, 2.24) is 19.4 Å². The third-order valence-electron chi connectivity index (χ3n) is 9.35. The fourth-order valence-electron chi connectivity index (χ4n) is 6.82. The first-order valence-corrected chi connectivity index (χ1v) is 18.1. The van der Waals surface area contributed by atoms with Gasteiger partial charge in [0.2, 0.25) is 15.9 Å². The zero-order chi connectivity index (χ0) is 35.3. The maximum absolute atomic E-state index is 14.3. The Balaban J connectivity index is 1.41. The molecule has 0 saturated carbocycles. The molecule has 1 fully saturated rings. The zero-order valence-corrected chi connectivity index (χ0v) is 28.6. The number of carbonyl (C=O) groups excluding carboxylic acids is 3. The van der Waals surface area contributed by atoms with Crippen molar-refractivity contribution >= 4 is 27.8 Å². The first-order chi connectivity index (χ1) is 23.2. The standard InChI is InChI=1S/C35H43F3N4O6S/c1-3-48-33(44)31-18-24(2)13-17-42(31)32(43)30(19-26-10-7-15-40(22-26)21-25-8-5-4-6-9-25)39-49(46,47)29-12-11-27-14-16-41(23-28(27)20-29)34(45)35(36,37)38/h4-6,8-12,20,24,30-31,39H,3,7,13-19,21-23H2,1-2H3/t24-,30+,31-/m1/s1. The Morgan fingerprint density at radius 2 is 1.78 bits per heavy atom. The topological polar surface area (TPSA) is 116 Å². The molecule has 1 saturated heterocycles. The summed E-state index contributed by atoms with van der Waals surface area (Å²) in [7, 11) is -4.39. The van der Waals surface area contributed by atoms with Crippen molar-refractivity contribution in [3.05, 3.63) is 76.9 Å². The molecule has 10 nitrogen and oxygen atoms in total. The molecule has 14 heteroatoms. The predicted molar refractivity (Wildman–Crippen MR) is 175 cm³/mol. The van der Waals surface area contributed by atoms with E-state index < -0.39 is 52.6 Å². The van der Waals surface area contributed by atoms with E-state index in [0.717, 1.165) is 17.7 Å². The Hall–Kier alpha value is -3.75. The average Bonchev–Trinajstić information content (AvgIpc) is 3.07. The molecule has 0 radical (unpaired) electrons. The van der Waals surface area contributed by atoms with Crippen molar-refractivity contribution in [3.8, 4) is 0 Å². The van der Waals surface area contributed by atoms with Crippen LogP contribution in [0.3, 0.4) is 0 Å². The summed E-state index contributed by atoms with van der Waals surface area (Å²) < 4.78 is 75.2. The minimum absolute atomic E-state index is 0.0593. The monoisotopic (exact) mass is 704 g/mol. The minimum Gasteiger partial charge on any atom is -0.464 e. The van der Waals surface area contributed by atoms with Gasteiger partial charge in [0.05, 0.1) is 11.5 Å². The van der Waals surface area contributed by atoms with Gasteiger partial charge >= 0.3 is 18.1 Å². The second kappa shape index (κ2) is 15.4. The normalized spacial score (nSPS) is 21.0. The van der Waals surface area contributed by atoms with Crippen LogP contribution < -0.4 is 4.72 Å². The molecule has 0 aromatic heterocycles. The highest BCUT2D eigenvalue weighted by atomic mass is 32.2. The quantitative estimate of drug-likeness (QED) is 0.291. The molecule has 0 aliphatic carbocycles. The van der Waals surface area contributed by atoms with Gasteiger partial charge in [-0.15, -0.1) is 0 Å². The first kappa shape index (κ1) is 36.5. The summed E-state index contributed by atoms with van der Waals surface area (Å²) in [5.41, 5.74) is 2.92. The van der Waals surface area contributed by atoms with Gasteiger partial charge in [-0.05, 0) is 73.8 Å². The number of alkyl halides is 3. The van der Waals surface area contributed by atoms with Gasteiger partial charge in [0.1, 0.15) is 12.1 Å². The fraction of sp³-hybridized carbons (Fsp3) is 0.514. The van der Waals surface area contributed by atoms with Crippen LogP contribution in [-0.2, 0) is 48.7 Å². The third-order valence-corrected chi connectivity index (χ3v) is 10.8. The molecule has 2 aromatic carbocycles. The Bertz CT molecular complexity index is 1670. The highest BCUT2D eigenvalue weighted by molar-refractivity contribution is 7.89. The average molecular weight is 705 g/mol. The van der Waals surface area contributed by atoms with E-state index >= 15 is 0 Å². The Morgan fingerprint density at radius 3 is 2.49 bits per heavy atom. The van der Waals surface area contributed by atoms with Crippen LogP contribution in [-0.4, -0.2) is 91.9 Å². The molecule has 2 aromatic rings. The molecule has 3 aliphatic heterocycles. The van der Waals surface area contributed by atoms with Gasteiger partial charge in [0, 0.05) is 39.3 Å². The number of nitrogens with one attached hydrogen (secondary N) is 1. The van der Waals surface area contributed by atoms with Crippen LogP contribution in [0, 0.1) is 5.92 Å². The van der Waals surface area contributed by atoms with E-state index in [0.29, 0.717) is 42.8 Å². The molecule has 266 valence electrons. The van der Waals surface area contributed by atoms with Crippen molar-refractivity contribution in [1.29, 1.82) is 0 Å². The molecule has 49 heavy (non-hydrogen) atoms. The lowest BCUT2D eigenvalue weighted by Gasteiger charge is -2.39. The van der Waals surface area contributed by atoms with E-state index in [4.69, 9.17) is 4.74 Å². The van der Waals surface area contributed by atoms with E-state index in [1.807, 2.05) is 43.3 Å². The number of hydrogen-bond donors (Lipinski definition) is 1. The molecular weight excluding hydrogens is 661 g/mol. The summed E-state index contributed by atoms with van der Waals surface area (Å²) in [6.07, 6.45) is -1.11. The molecule has 3 atom stereocenters. The number of sulfonamides is 1. The van der Waals surface area contributed by atoms with Crippen LogP contribution in [0.15, 0.2) is 65.1 Å². The van der Waals surface area contributed by atoms with Crippen LogP contribution in [0.1, 0.15) is 56.2 Å². The number of hydrogen-bond acceptors (Lipinski definition) is 7. The molecule has 0 bridgehead atoms. The van der Waals surface area contributed by atoms with Gasteiger partial charge in [-0.1, -0.05) is 55.0 Å². The van der Waals surface area contributed by atoms with Gasteiger partial charge in [0.25, 0.3) is 0 Å². The summed E-state index contributed by atoms with van der Waals surface area (Å²) in [6.45, 7) is 5.51. The maximum atomic E-state index is 14.3. The highest BCUT2D eigenvalue weighted by Crippen LogP contribution is 2.29. The van der Waals surface area contributed by atoms with Crippen molar-refractivity contribution in [2.45, 2.75) is 82.2 Å². The number of carbonyl (C=O) groups is 3. The van der Waals surface area contributed by atoms with Gasteiger partial charge < -0.3 is 14.5 Å². The largest absolute Gasteiger partial charge is 0.471 e. The number of likely N-dealkylation sites (tertiary alicyclic amines) is 1. The summed E-state index contributed by atoms with van der Waals surface area (Å²) >= 11 is 0. The molecular formula is C35H43F3N4O6S. The number of benzene rings is 2. The SMILES string of the molecule is CCOC(=O)[C@H]1C[C@H](C)CCN1C(=O)[C@H](CC1=CCCN(Cc2ccccc2)C1)NS(=O)(=O)c1ccc2c(c1)CN(C(=O)C(F)(F)F)CC2. The van der Waals surface area contributed by atoms with E-state index in [2.05, 4.69) is 9.62 Å². The Morgan fingerprint density at radius 1 is 1.02 bits per heavy atom. The van der Waals surface area contributed by atoms with Gasteiger partial charge in [-0.2, -0.15) is 17.9 Å². The number of esters is 1. The summed E-state index contributed by atoms with van der Waals surface area (Å²) in [6, 6.07) is 12.0. The second-order valence-corrected chi connectivity index (χ2v) is 14.8. The van der Waals surface area contributed by atoms with Crippen molar-refractivity contribution < 1.29 is 40.7 Å². The van der Waals surface area contributed by atoms with Crippen LogP contribution >= 0.6 is 0 Å². The lowest BCUT2D eigenvalue weighted by molar-refractivity contribution is -0.186. The van der Waals surface area contributed by atoms with Crippen LogP contribution in [0.25, 0.3) is 0 Å². The molecule has 1 N–H and O–H groups in total. The van der Waals surface area contributed by atoms with E-state index in [9.17, 15) is 36.0 Å². The van der Waals surface area contributed by atoms with E-state index in [1.165, 1.54) is 23.1 Å². The molecule has 5 rings (SSSR count). The third kappa shape index (κ3) is 9.08. The van der Waals surface area contributed by atoms with Crippen molar-refractivity contribution in [2.24, 2.45) is 5.92 Å². The number of ether oxygens (including phenoxy) is 1. The number of halogens is 3. The second-order valence-electron chi connectivity index (χ2n) is 13.1. The van der Waals surface area contributed by atoms with Gasteiger partial charge in [-0.3, -0.25) is 14.5 Å². The predicted octanol–water partition coefficient (Wildman–Crippen LogP) is 4.19. The molecule has 3 aliphatic rings. The number of piperidine rings is 1. The number of fused-ring (bicyclic) bond motifs is 1. The smallest absolute Gasteiger partial charge is 0.464 e. The molecule has 2 amide bonds. The van der Waals surface area contributed by atoms with Crippen LogP contribution in [0.5, 0.6) is 0 Å². The Kier molecular flexibility index (Phi) is 11.5. The summed E-state index contributed by atoms with van der Waals surface area (Å²) in [5.74, 6) is -2.91. The number of nitrogens with zero attached hydrogens (tertiary/aromatic N) is 3. The lowest BCUT2D eigenvalue weighted by atomic mass is 9.91. The van der Waals surface area contributed by atoms with Crippen molar-refractivity contribution in [2.75, 3.05) is 32.8 Å². The molecule has 0 spiro atoms. The molecule has 0 unspecified atom stereocenters. The fourth-order valence-corrected chi connectivity index (χ4v) is 8.06. The van der Waals surface area contributed by atoms with Crippen LogP contribution in [0.2, 0.25) is 0 Å². The summed E-state index contributed by atoms with van der Waals surface area (Å²) in [5, 5.41) is 0. The zero-order valence-electron chi connectivity index (χ0n) is 27.7. The summed E-state index contributed by atoms with van der Waals surface area (Å²) in [4.78, 5) is 43.3. The maximum Gasteiger partial charge on any atom is 0.471 e. The van der Waals surface area contributed by atoms with E-state index in [-0.39, 0.29) is 48.9 Å². The minimum atomic E-state index is -5.05. The number of amides is 2. The van der Waals surface area contributed by atoms with Crippen LogP contribution in [0.4, 0.5) is 13.2 Å². The Labute approximate surface area is 285 Å². The molecule has 3 heterocycles. The van der Waals surface area contributed by atoms with Gasteiger partial charge in [-0.25, -0.2) is 13.2 Å². The highest BCUT2D eigenvalue weighted by Gasteiger charge is 2.44. The van der Waals surface area contributed by atoms with Gasteiger partial charge in [0.15, 0.2) is 0 Å². The number of rotatable bonds is 10.